The Hall–Kier alpha value is -1.08. The standard InChI is InChI=1S/C12H18N2O2/c13-5-3-12(16)14-6-4-11(15)10(8-14)7-9-1-2-9/h9-11,15H,1-4,6-8H2/t10-,11-/m1/s1. The van der Waals surface area contributed by atoms with Crippen molar-refractivity contribution in [3.8, 4) is 6.07 Å². The third kappa shape index (κ3) is 2.73. The molecule has 0 bridgehead atoms. The Morgan fingerprint density at radius 1 is 1.44 bits per heavy atom. The van der Waals surface area contributed by atoms with E-state index in [0.717, 1.165) is 12.3 Å². The normalized spacial score (nSPS) is 29.9. The molecule has 1 heterocycles. The highest BCUT2D eigenvalue weighted by molar-refractivity contribution is 5.78. The monoisotopic (exact) mass is 222 g/mol. The smallest absolute Gasteiger partial charge is 0.236 e. The van der Waals surface area contributed by atoms with Crippen LogP contribution in [0.1, 0.15) is 32.1 Å². The minimum Gasteiger partial charge on any atom is -0.393 e. The van der Waals surface area contributed by atoms with Gasteiger partial charge in [0.1, 0.15) is 6.42 Å². The fourth-order valence-electron chi connectivity index (χ4n) is 2.44. The summed E-state index contributed by atoms with van der Waals surface area (Å²) in [6.45, 7) is 1.24. The van der Waals surface area contributed by atoms with E-state index in [0.29, 0.717) is 19.5 Å². The molecule has 0 aromatic heterocycles. The van der Waals surface area contributed by atoms with E-state index in [1.807, 2.05) is 6.07 Å². The Bertz CT molecular complexity index is 307. The lowest BCUT2D eigenvalue weighted by molar-refractivity contribution is -0.134. The summed E-state index contributed by atoms with van der Waals surface area (Å²) in [6, 6.07) is 1.89. The minimum absolute atomic E-state index is 0.0355. The van der Waals surface area contributed by atoms with E-state index in [-0.39, 0.29) is 24.3 Å². The van der Waals surface area contributed by atoms with Gasteiger partial charge in [0.2, 0.25) is 5.91 Å². The summed E-state index contributed by atoms with van der Waals surface area (Å²) in [5.41, 5.74) is 0. The number of rotatable bonds is 3. The summed E-state index contributed by atoms with van der Waals surface area (Å²) in [5.74, 6) is 0.907. The summed E-state index contributed by atoms with van der Waals surface area (Å²) in [7, 11) is 0. The highest BCUT2D eigenvalue weighted by Crippen LogP contribution is 2.37. The van der Waals surface area contributed by atoms with Crippen molar-refractivity contribution in [3.05, 3.63) is 0 Å². The molecule has 1 saturated carbocycles. The van der Waals surface area contributed by atoms with Crippen molar-refractivity contribution in [1.29, 1.82) is 5.26 Å². The van der Waals surface area contributed by atoms with Gasteiger partial charge in [0, 0.05) is 19.0 Å². The molecule has 0 radical (unpaired) electrons. The topological polar surface area (TPSA) is 64.3 Å². The first-order chi connectivity index (χ1) is 7.70. The lowest BCUT2D eigenvalue weighted by Crippen LogP contribution is -2.46. The molecule has 0 aromatic rings. The average molecular weight is 222 g/mol. The Morgan fingerprint density at radius 2 is 2.19 bits per heavy atom. The zero-order chi connectivity index (χ0) is 11.5. The van der Waals surface area contributed by atoms with Crippen molar-refractivity contribution in [2.75, 3.05) is 13.1 Å². The number of aliphatic hydroxyl groups excluding tert-OH is 1. The van der Waals surface area contributed by atoms with Crippen LogP contribution in [0.2, 0.25) is 0 Å². The quantitative estimate of drug-likeness (QED) is 0.772. The van der Waals surface area contributed by atoms with Gasteiger partial charge in [-0.3, -0.25) is 4.79 Å². The van der Waals surface area contributed by atoms with Crippen LogP contribution in [0.5, 0.6) is 0 Å². The Kier molecular flexibility index (Phi) is 3.45. The van der Waals surface area contributed by atoms with Gasteiger partial charge in [-0.25, -0.2) is 0 Å². The molecule has 4 nitrogen and oxygen atoms in total. The first-order valence-electron chi connectivity index (χ1n) is 6.03. The number of carbonyl (C=O) groups is 1. The molecule has 2 fully saturated rings. The molecule has 0 spiro atoms. The maximum absolute atomic E-state index is 11.6. The van der Waals surface area contributed by atoms with Crippen molar-refractivity contribution >= 4 is 5.91 Å². The number of hydrogen-bond acceptors (Lipinski definition) is 3. The second kappa shape index (κ2) is 4.84. The van der Waals surface area contributed by atoms with E-state index in [9.17, 15) is 9.90 Å². The van der Waals surface area contributed by atoms with Crippen LogP contribution in [0.3, 0.4) is 0 Å². The lowest BCUT2D eigenvalue weighted by atomic mass is 9.89. The fraction of sp³-hybridized carbons (Fsp3) is 0.833. The summed E-state index contributed by atoms with van der Waals surface area (Å²) >= 11 is 0. The first kappa shape index (κ1) is 11.4. The van der Waals surface area contributed by atoms with Crippen LogP contribution < -0.4 is 0 Å². The molecule has 1 aliphatic heterocycles. The fourth-order valence-corrected chi connectivity index (χ4v) is 2.44. The van der Waals surface area contributed by atoms with Crippen molar-refractivity contribution < 1.29 is 9.90 Å². The number of nitrogens with zero attached hydrogens (tertiary/aromatic N) is 2. The first-order valence-corrected chi connectivity index (χ1v) is 6.03. The van der Waals surface area contributed by atoms with E-state index in [4.69, 9.17) is 5.26 Å². The molecule has 88 valence electrons. The maximum Gasteiger partial charge on any atom is 0.236 e. The molecule has 2 atom stereocenters. The number of piperidine rings is 1. The summed E-state index contributed by atoms with van der Waals surface area (Å²) < 4.78 is 0. The highest BCUT2D eigenvalue weighted by atomic mass is 16.3. The zero-order valence-corrected chi connectivity index (χ0v) is 9.43. The molecule has 1 saturated heterocycles. The van der Waals surface area contributed by atoms with Crippen LogP contribution in [0, 0.1) is 23.2 Å². The maximum atomic E-state index is 11.6. The highest BCUT2D eigenvalue weighted by Gasteiger charge is 2.34. The van der Waals surface area contributed by atoms with E-state index in [2.05, 4.69) is 0 Å². The molecule has 2 rings (SSSR count). The van der Waals surface area contributed by atoms with E-state index >= 15 is 0 Å². The third-order valence-electron chi connectivity index (χ3n) is 3.61. The molecular formula is C12H18N2O2. The predicted molar refractivity (Wildman–Crippen MR) is 58.3 cm³/mol. The van der Waals surface area contributed by atoms with Gasteiger partial charge in [0.15, 0.2) is 0 Å². The van der Waals surface area contributed by atoms with Crippen LogP contribution >= 0.6 is 0 Å². The zero-order valence-electron chi connectivity index (χ0n) is 9.43. The van der Waals surface area contributed by atoms with Gasteiger partial charge < -0.3 is 10.0 Å². The Labute approximate surface area is 95.9 Å². The molecule has 1 aliphatic carbocycles. The van der Waals surface area contributed by atoms with E-state index < -0.39 is 0 Å². The van der Waals surface area contributed by atoms with Gasteiger partial charge in [-0.1, -0.05) is 12.8 Å². The van der Waals surface area contributed by atoms with Gasteiger partial charge in [0.05, 0.1) is 12.2 Å². The molecule has 2 aliphatic rings. The summed E-state index contributed by atoms with van der Waals surface area (Å²) in [4.78, 5) is 13.3. The largest absolute Gasteiger partial charge is 0.393 e. The van der Waals surface area contributed by atoms with E-state index in [1.54, 1.807) is 4.90 Å². The molecule has 1 amide bonds. The minimum atomic E-state index is -0.258. The summed E-state index contributed by atoms with van der Waals surface area (Å²) in [6.07, 6.45) is 3.95. The SMILES string of the molecule is N#CCC(=O)N1CC[C@@H](O)[C@H](CC2CC2)C1. The number of likely N-dealkylation sites (tertiary alicyclic amines) is 1. The van der Waals surface area contributed by atoms with Gasteiger partial charge in [0.25, 0.3) is 0 Å². The van der Waals surface area contributed by atoms with Gasteiger partial charge in [-0.2, -0.15) is 5.26 Å². The molecular weight excluding hydrogens is 204 g/mol. The molecule has 0 aromatic carbocycles. The predicted octanol–water partition coefficient (Wildman–Crippen LogP) is 0.910. The van der Waals surface area contributed by atoms with Crippen molar-refractivity contribution in [3.63, 3.8) is 0 Å². The lowest BCUT2D eigenvalue weighted by Gasteiger charge is -2.36. The van der Waals surface area contributed by atoms with Crippen LogP contribution in [0.25, 0.3) is 0 Å². The van der Waals surface area contributed by atoms with Crippen LogP contribution in [0.4, 0.5) is 0 Å². The second-order valence-corrected chi connectivity index (χ2v) is 4.97. The van der Waals surface area contributed by atoms with Gasteiger partial charge in [-0.15, -0.1) is 0 Å². The van der Waals surface area contributed by atoms with E-state index in [1.165, 1.54) is 12.8 Å². The summed E-state index contributed by atoms with van der Waals surface area (Å²) in [5, 5.41) is 18.4. The van der Waals surface area contributed by atoms with Crippen LogP contribution in [0.15, 0.2) is 0 Å². The van der Waals surface area contributed by atoms with Crippen molar-refractivity contribution in [2.45, 2.75) is 38.2 Å². The molecule has 0 unspecified atom stereocenters. The van der Waals surface area contributed by atoms with Crippen LogP contribution in [-0.2, 0) is 4.79 Å². The Morgan fingerprint density at radius 3 is 2.81 bits per heavy atom. The van der Waals surface area contributed by atoms with Crippen molar-refractivity contribution in [2.24, 2.45) is 11.8 Å². The number of aliphatic hydroxyl groups is 1. The van der Waals surface area contributed by atoms with Crippen molar-refractivity contribution in [1.82, 2.24) is 4.90 Å². The number of carbonyl (C=O) groups excluding carboxylic acids is 1. The number of amides is 1. The molecule has 4 heteroatoms. The average Bonchev–Trinajstić information content (AvgIpc) is 3.05. The Balaban J connectivity index is 1.87. The van der Waals surface area contributed by atoms with Gasteiger partial charge in [-0.05, 0) is 18.8 Å². The third-order valence-corrected chi connectivity index (χ3v) is 3.61. The van der Waals surface area contributed by atoms with Gasteiger partial charge >= 0.3 is 0 Å². The molecule has 16 heavy (non-hydrogen) atoms. The molecule has 1 N–H and O–H groups in total. The number of nitriles is 1. The van der Waals surface area contributed by atoms with Crippen LogP contribution in [-0.4, -0.2) is 35.1 Å². The second-order valence-electron chi connectivity index (χ2n) is 4.97. The number of hydrogen-bond donors (Lipinski definition) is 1.